The third-order valence-electron chi connectivity index (χ3n) is 4.18. The SMILES string of the molecule is CC1C(=O)NCCN1C(=O)CCNC(=O)C1CCCC1. The first-order valence-electron chi connectivity index (χ1n) is 7.44. The Hall–Kier alpha value is -1.59. The zero-order valence-electron chi connectivity index (χ0n) is 12.0. The molecule has 1 unspecified atom stereocenters. The highest BCUT2D eigenvalue weighted by Crippen LogP contribution is 2.24. The van der Waals surface area contributed by atoms with Crippen LogP contribution >= 0.6 is 0 Å². The molecular formula is C14H23N3O3. The molecule has 2 N–H and O–H groups in total. The first kappa shape index (κ1) is 14.8. The molecule has 3 amide bonds. The van der Waals surface area contributed by atoms with Crippen LogP contribution in [0.15, 0.2) is 0 Å². The number of carbonyl (C=O) groups is 3. The molecule has 6 nitrogen and oxygen atoms in total. The number of hydrogen-bond acceptors (Lipinski definition) is 3. The minimum absolute atomic E-state index is 0.0692. The fourth-order valence-electron chi connectivity index (χ4n) is 2.89. The van der Waals surface area contributed by atoms with Gasteiger partial charge in [-0.2, -0.15) is 0 Å². The van der Waals surface area contributed by atoms with Crippen LogP contribution in [0.4, 0.5) is 0 Å². The Labute approximate surface area is 119 Å². The molecule has 1 aliphatic heterocycles. The van der Waals surface area contributed by atoms with Crippen molar-refractivity contribution in [3.63, 3.8) is 0 Å². The number of amides is 3. The molecule has 2 rings (SSSR count). The molecule has 1 saturated heterocycles. The van der Waals surface area contributed by atoms with Crippen LogP contribution in [-0.4, -0.2) is 48.3 Å². The molecule has 112 valence electrons. The van der Waals surface area contributed by atoms with Crippen molar-refractivity contribution in [2.24, 2.45) is 5.92 Å². The van der Waals surface area contributed by atoms with Gasteiger partial charge in [0.05, 0.1) is 0 Å². The van der Waals surface area contributed by atoms with E-state index in [-0.39, 0.29) is 30.1 Å². The number of carbonyl (C=O) groups excluding carboxylic acids is 3. The highest BCUT2D eigenvalue weighted by atomic mass is 16.2. The molecule has 1 saturated carbocycles. The summed E-state index contributed by atoms with van der Waals surface area (Å²) in [5, 5.41) is 5.56. The summed E-state index contributed by atoms with van der Waals surface area (Å²) in [6, 6.07) is -0.415. The molecule has 1 atom stereocenters. The molecule has 20 heavy (non-hydrogen) atoms. The van der Waals surface area contributed by atoms with Crippen molar-refractivity contribution >= 4 is 17.7 Å². The lowest BCUT2D eigenvalue weighted by Gasteiger charge is -2.32. The summed E-state index contributed by atoms with van der Waals surface area (Å²) in [5.41, 5.74) is 0. The maximum absolute atomic E-state index is 12.1. The second kappa shape index (κ2) is 6.72. The van der Waals surface area contributed by atoms with E-state index >= 15 is 0 Å². The lowest BCUT2D eigenvalue weighted by molar-refractivity contribution is -0.142. The van der Waals surface area contributed by atoms with Gasteiger partial charge in [0.25, 0.3) is 0 Å². The molecule has 0 aromatic carbocycles. The van der Waals surface area contributed by atoms with Gasteiger partial charge in [0.15, 0.2) is 0 Å². The van der Waals surface area contributed by atoms with Gasteiger partial charge in [0.1, 0.15) is 6.04 Å². The normalized spacial score (nSPS) is 23.6. The van der Waals surface area contributed by atoms with Gasteiger partial charge < -0.3 is 15.5 Å². The molecule has 2 aliphatic rings. The lowest BCUT2D eigenvalue weighted by atomic mass is 10.1. The summed E-state index contributed by atoms with van der Waals surface area (Å²) in [6.07, 6.45) is 4.43. The Balaban J connectivity index is 1.71. The van der Waals surface area contributed by atoms with Crippen molar-refractivity contribution in [2.75, 3.05) is 19.6 Å². The third kappa shape index (κ3) is 3.49. The van der Waals surface area contributed by atoms with Crippen LogP contribution in [0.5, 0.6) is 0 Å². The number of piperazine rings is 1. The second-order valence-electron chi connectivity index (χ2n) is 5.58. The van der Waals surface area contributed by atoms with Gasteiger partial charge in [0.2, 0.25) is 17.7 Å². The number of nitrogens with zero attached hydrogens (tertiary/aromatic N) is 1. The molecule has 1 heterocycles. The predicted octanol–water partition coefficient (Wildman–Crippen LogP) is 0.0298. The quantitative estimate of drug-likeness (QED) is 0.763. The second-order valence-corrected chi connectivity index (χ2v) is 5.58. The van der Waals surface area contributed by atoms with E-state index in [4.69, 9.17) is 0 Å². The third-order valence-corrected chi connectivity index (χ3v) is 4.18. The first-order valence-corrected chi connectivity index (χ1v) is 7.44. The van der Waals surface area contributed by atoms with Crippen LogP contribution in [0.1, 0.15) is 39.0 Å². The summed E-state index contributed by atoms with van der Waals surface area (Å²) in [4.78, 5) is 36.9. The average molecular weight is 281 g/mol. The van der Waals surface area contributed by atoms with E-state index in [1.807, 2.05) is 0 Å². The monoisotopic (exact) mass is 281 g/mol. The highest BCUT2D eigenvalue weighted by Gasteiger charge is 2.29. The summed E-state index contributed by atoms with van der Waals surface area (Å²) in [7, 11) is 0. The zero-order valence-corrected chi connectivity index (χ0v) is 12.0. The predicted molar refractivity (Wildman–Crippen MR) is 73.8 cm³/mol. The highest BCUT2D eigenvalue weighted by molar-refractivity contribution is 5.88. The van der Waals surface area contributed by atoms with Crippen LogP contribution in [0.25, 0.3) is 0 Å². The van der Waals surface area contributed by atoms with E-state index in [0.29, 0.717) is 19.6 Å². The molecule has 0 aromatic heterocycles. The number of rotatable bonds is 4. The molecule has 6 heteroatoms. The van der Waals surface area contributed by atoms with Crippen LogP contribution < -0.4 is 10.6 Å². The molecule has 0 spiro atoms. The topological polar surface area (TPSA) is 78.5 Å². The van der Waals surface area contributed by atoms with Crippen LogP contribution in [0, 0.1) is 5.92 Å². The number of hydrogen-bond donors (Lipinski definition) is 2. The Morgan fingerprint density at radius 3 is 2.75 bits per heavy atom. The maximum Gasteiger partial charge on any atom is 0.242 e. The van der Waals surface area contributed by atoms with Gasteiger partial charge in [-0.05, 0) is 19.8 Å². The zero-order chi connectivity index (χ0) is 14.5. The van der Waals surface area contributed by atoms with Crippen molar-refractivity contribution in [3.05, 3.63) is 0 Å². The molecule has 0 bridgehead atoms. The summed E-state index contributed by atoms with van der Waals surface area (Å²) in [6.45, 7) is 3.13. The minimum Gasteiger partial charge on any atom is -0.355 e. The van der Waals surface area contributed by atoms with Gasteiger partial charge in [-0.1, -0.05) is 12.8 Å². The Kier molecular flexibility index (Phi) is 4.98. The Morgan fingerprint density at radius 1 is 1.35 bits per heavy atom. The fraction of sp³-hybridized carbons (Fsp3) is 0.786. The van der Waals surface area contributed by atoms with Crippen molar-refractivity contribution in [3.8, 4) is 0 Å². The first-order chi connectivity index (χ1) is 9.59. The van der Waals surface area contributed by atoms with Gasteiger partial charge in [-0.25, -0.2) is 0 Å². The largest absolute Gasteiger partial charge is 0.355 e. The molecule has 0 radical (unpaired) electrons. The lowest BCUT2D eigenvalue weighted by Crippen LogP contribution is -2.56. The smallest absolute Gasteiger partial charge is 0.242 e. The molecule has 1 aliphatic carbocycles. The van der Waals surface area contributed by atoms with E-state index in [2.05, 4.69) is 10.6 Å². The van der Waals surface area contributed by atoms with E-state index in [9.17, 15) is 14.4 Å². The van der Waals surface area contributed by atoms with Crippen LogP contribution in [0.2, 0.25) is 0 Å². The summed E-state index contributed by atoms with van der Waals surface area (Å²) >= 11 is 0. The van der Waals surface area contributed by atoms with Crippen LogP contribution in [0.3, 0.4) is 0 Å². The molecular weight excluding hydrogens is 258 g/mol. The summed E-state index contributed by atoms with van der Waals surface area (Å²) < 4.78 is 0. The Morgan fingerprint density at radius 2 is 2.05 bits per heavy atom. The Bertz CT molecular complexity index is 391. The minimum atomic E-state index is -0.415. The van der Waals surface area contributed by atoms with Gasteiger partial charge in [0, 0.05) is 32.0 Å². The molecule has 2 fully saturated rings. The van der Waals surface area contributed by atoms with Gasteiger partial charge >= 0.3 is 0 Å². The van der Waals surface area contributed by atoms with E-state index in [0.717, 1.165) is 25.7 Å². The maximum atomic E-state index is 12.1. The van der Waals surface area contributed by atoms with Crippen molar-refractivity contribution in [1.82, 2.24) is 15.5 Å². The van der Waals surface area contributed by atoms with E-state index in [1.165, 1.54) is 0 Å². The number of nitrogens with one attached hydrogen (secondary N) is 2. The fourth-order valence-corrected chi connectivity index (χ4v) is 2.89. The van der Waals surface area contributed by atoms with E-state index < -0.39 is 6.04 Å². The van der Waals surface area contributed by atoms with Crippen molar-refractivity contribution < 1.29 is 14.4 Å². The van der Waals surface area contributed by atoms with Crippen LogP contribution in [-0.2, 0) is 14.4 Å². The van der Waals surface area contributed by atoms with Crippen molar-refractivity contribution in [1.29, 1.82) is 0 Å². The summed E-state index contributed by atoms with van der Waals surface area (Å²) in [5.74, 6) is 0.0168. The standard InChI is InChI=1S/C14H23N3O3/c1-10-13(19)16-8-9-17(10)12(18)6-7-15-14(20)11-4-2-3-5-11/h10-11H,2-9H2,1H3,(H,15,20)(H,16,19). The molecule has 0 aromatic rings. The van der Waals surface area contributed by atoms with Gasteiger partial charge in [-0.3, -0.25) is 14.4 Å². The average Bonchev–Trinajstić information content (AvgIpc) is 2.95. The van der Waals surface area contributed by atoms with E-state index in [1.54, 1.807) is 11.8 Å². The van der Waals surface area contributed by atoms with Crippen molar-refractivity contribution in [2.45, 2.75) is 45.1 Å². The van der Waals surface area contributed by atoms with Gasteiger partial charge in [-0.15, -0.1) is 0 Å².